The standard InChI is InChI=1S/C10H8.C6H6O3/c1-2-6-10-8-4-3-7-9(10)5-1;7-4-2-1-3-5(8)6(4)9/h1-8H;1-3,7-9H. The number of hydrogen-bond donors (Lipinski definition) is 3. The van der Waals surface area contributed by atoms with E-state index in [1.165, 1.54) is 29.0 Å². The van der Waals surface area contributed by atoms with Gasteiger partial charge in [0.2, 0.25) is 0 Å². The van der Waals surface area contributed by atoms with E-state index in [-0.39, 0.29) is 11.5 Å². The van der Waals surface area contributed by atoms with Gasteiger partial charge in [0.25, 0.3) is 0 Å². The van der Waals surface area contributed by atoms with E-state index in [0.29, 0.717) is 0 Å². The van der Waals surface area contributed by atoms with Crippen molar-refractivity contribution >= 4 is 10.8 Å². The summed E-state index contributed by atoms with van der Waals surface area (Å²) < 4.78 is 0. The van der Waals surface area contributed by atoms with E-state index in [2.05, 4.69) is 48.5 Å². The number of rotatable bonds is 0. The lowest BCUT2D eigenvalue weighted by Crippen LogP contribution is -1.67. The Kier molecular flexibility index (Phi) is 3.88. The number of phenols is 3. The topological polar surface area (TPSA) is 60.7 Å². The van der Waals surface area contributed by atoms with Crippen LogP contribution in [-0.2, 0) is 0 Å². The van der Waals surface area contributed by atoms with Crippen LogP contribution in [-0.4, -0.2) is 15.3 Å². The molecule has 3 aromatic rings. The van der Waals surface area contributed by atoms with Crippen molar-refractivity contribution in [3.05, 3.63) is 66.7 Å². The van der Waals surface area contributed by atoms with E-state index >= 15 is 0 Å². The zero-order valence-corrected chi connectivity index (χ0v) is 10.2. The molecule has 0 radical (unpaired) electrons. The SMILES string of the molecule is Oc1cccc(O)c1O.c1ccc2ccccc2c1. The van der Waals surface area contributed by atoms with Crippen molar-refractivity contribution in [3.8, 4) is 17.2 Å². The summed E-state index contributed by atoms with van der Waals surface area (Å²) in [4.78, 5) is 0. The van der Waals surface area contributed by atoms with Crippen LogP contribution >= 0.6 is 0 Å². The van der Waals surface area contributed by atoms with Gasteiger partial charge in [-0.05, 0) is 22.9 Å². The number of phenolic OH excluding ortho intramolecular Hbond substituents is 3. The minimum absolute atomic E-state index is 0.310. The van der Waals surface area contributed by atoms with E-state index in [0.717, 1.165) is 0 Å². The van der Waals surface area contributed by atoms with Crippen LogP contribution in [0.1, 0.15) is 0 Å². The zero-order chi connectivity index (χ0) is 13.7. The van der Waals surface area contributed by atoms with Crippen molar-refractivity contribution in [2.45, 2.75) is 0 Å². The van der Waals surface area contributed by atoms with E-state index in [9.17, 15) is 0 Å². The highest BCUT2D eigenvalue weighted by Gasteiger charge is 2.00. The van der Waals surface area contributed by atoms with Crippen LogP contribution in [0.5, 0.6) is 17.2 Å². The van der Waals surface area contributed by atoms with Crippen LogP contribution in [0.2, 0.25) is 0 Å². The highest BCUT2D eigenvalue weighted by atomic mass is 16.3. The van der Waals surface area contributed by atoms with Gasteiger partial charge >= 0.3 is 0 Å². The number of benzene rings is 3. The van der Waals surface area contributed by atoms with Crippen LogP contribution < -0.4 is 0 Å². The molecule has 0 bridgehead atoms. The second kappa shape index (κ2) is 5.78. The zero-order valence-electron chi connectivity index (χ0n) is 10.2. The maximum absolute atomic E-state index is 8.71. The second-order valence-electron chi connectivity index (χ2n) is 3.99. The first kappa shape index (κ1) is 12.8. The Morgan fingerprint density at radius 1 is 0.474 bits per heavy atom. The van der Waals surface area contributed by atoms with Crippen LogP contribution in [0.4, 0.5) is 0 Å². The molecule has 0 aliphatic carbocycles. The molecule has 0 atom stereocenters. The predicted molar refractivity (Wildman–Crippen MR) is 75.4 cm³/mol. The smallest absolute Gasteiger partial charge is 0.200 e. The minimum atomic E-state index is -0.475. The van der Waals surface area contributed by atoms with E-state index in [4.69, 9.17) is 15.3 Å². The molecule has 3 heteroatoms. The van der Waals surface area contributed by atoms with Gasteiger partial charge in [-0.15, -0.1) is 0 Å². The van der Waals surface area contributed by atoms with E-state index in [1.54, 1.807) is 0 Å². The fraction of sp³-hybridized carbons (Fsp3) is 0. The lowest BCUT2D eigenvalue weighted by molar-refractivity contribution is 0.368. The Hall–Kier alpha value is -2.68. The van der Waals surface area contributed by atoms with Crippen LogP contribution in [0.15, 0.2) is 66.7 Å². The summed E-state index contributed by atoms with van der Waals surface area (Å²) in [6, 6.07) is 20.7. The van der Waals surface area contributed by atoms with Gasteiger partial charge in [0, 0.05) is 0 Å². The van der Waals surface area contributed by atoms with Crippen molar-refractivity contribution in [2.24, 2.45) is 0 Å². The highest BCUT2D eigenvalue weighted by Crippen LogP contribution is 2.32. The van der Waals surface area contributed by atoms with Crippen molar-refractivity contribution in [3.63, 3.8) is 0 Å². The fourth-order valence-corrected chi connectivity index (χ4v) is 1.65. The summed E-state index contributed by atoms with van der Waals surface area (Å²) in [7, 11) is 0. The minimum Gasteiger partial charge on any atom is -0.504 e. The molecule has 0 aliphatic rings. The number of fused-ring (bicyclic) bond motifs is 1. The maximum Gasteiger partial charge on any atom is 0.200 e. The molecule has 0 amide bonds. The van der Waals surface area contributed by atoms with Gasteiger partial charge in [-0.2, -0.15) is 0 Å². The van der Waals surface area contributed by atoms with Crippen molar-refractivity contribution in [1.82, 2.24) is 0 Å². The molecule has 0 heterocycles. The molecule has 19 heavy (non-hydrogen) atoms. The van der Waals surface area contributed by atoms with Gasteiger partial charge in [0.15, 0.2) is 17.2 Å². The summed E-state index contributed by atoms with van der Waals surface area (Å²) in [5, 5.41) is 28.7. The van der Waals surface area contributed by atoms with Crippen molar-refractivity contribution < 1.29 is 15.3 Å². The Bertz CT molecular complexity index is 592. The highest BCUT2D eigenvalue weighted by molar-refractivity contribution is 5.81. The monoisotopic (exact) mass is 254 g/mol. The average molecular weight is 254 g/mol. The third-order valence-electron chi connectivity index (χ3n) is 2.65. The van der Waals surface area contributed by atoms with Crippen LogP contribution in [0.25, 0.3) is 10.8 Å². The van der Waals surface area contributed by atoms with E-state index < -0.39 is 5.75 Å². The Balaban J connectivity index is 0.000000141. The summed E-state index contributed by atoms with van der Waals surface area (Å²) in [5.74, 6) is -1.09. The number of hydrogen-bond acceptors (Lipinski definition) is 3. The van der Waals surface area contributed by atoms with Gasteiger partial charge < -0.3 is 15.3 Å². The molecule has 3 N–H and O–H groups in total. The van der Waals surface area contributed by atoms with Crippen LogP contribution in [0.3, 0.4) is 0 Å². The third-order valence-corrected chi connectivity index (χ3v) is 2.65. The van der Waals surface area contributed by atoms with Gasteiger partial charge in [0.1, 0.15) is 0 Å². The first-order chi connectivity index (χ1) is 9.18. The number of para-hydroxylation sites is 1. The predicted octanol–water partition coefficient (Wildman–Crippen LogP) is 3.64. The molecule has 3 aromatic carbocycles. The first-order valence-electron chi connectivity index (χ1n) is 5.82. The van der Waals surface area contributed by atoms with Gasteiger partial charge in [-0.1, -0.05) is 54.6 Å². The molecule has 0 aliphatic heterocycles. The van der Waals surface area contributed by atoms with Gasteiger partial charge in [-0.25, -0.2) is 0 Å². The third kappa shape index (κ3) is 3.16. The molecule has 0 fully saturated rings. The van der Waals surface area contributed by atoms with Crippen molar-refractivity contribution in [2.75, 3.05) is 0 Å². The van der Waals surface area contributed by atoms with Crippen LogP contribution in [0, 0.1) is 0 Å². The Morgan fingerprint density at radius 2 is 0.842 bits per heavy atom. The maximum atomic E-state index is 8.71. The lowest BCUT2D eigenvalue weighted by atomic mass is 10.1. The molecular formula is C16H14O3. The summed E-state index contributed by atoms with van der Waals surface area (Å²) in [6.45, 7) is 0. The molecule has 3 rings (SSSR count). The number of aromatic hydroxyl groups is 3. The first-order valence-corrected chi connectivity index (χ1v) is 5.82. The molecule has 96 valence electrons. The fourth-order valence-electron chi connectivity index (χ4n) is 1.65. The molecule has 3 nitrogen and oxygen atoms in total. The summed E-state index contributed by atoms with van der Waals surface area (Å²) in [6.07, 6.45) is 0. The van der Waals surface area contributed by atoms with E-state index in [1.807, 2.05) is 0 Å². The molecule has 0 saturated carbocycles. The van der Waals surface area contributed by atoms with Gasteiger partial charge in [-0.3, -0.25) is 0 Å². The quantitative estimate of drug-likeness (QED) is 0.537. The summed E-state index contributed by atoms with van der Waals surface area (Å²) >= 11 is 0. The normalized spacial score (nSPS) is 9.68. The molecule has 0 unspecified atom stereocenters. The molecule has 0 spiro atoms. The Labute approximate surface area is 111 Å². The van der Waals surface area contributed by atoms with Gasteiger partial charge in [0.05, 0.1) is 0 Å². The second-order valence-corrected chi connectivity index (χ2v) is 3.99. The largest absolute Gasteiger partial charge is 0.504 e. The Morgan fingerprint density at radius 3 is 1.16 bits per heavy atom. The molecule has 0 saturated heterocycles. The van der Waals surface area contributed by atoms with Crippen molar-refractivity contribution in [1.29, 1.82) is 0 Å². The average Bonchev–Trinajstić information content (AvgIpc) is 2.45. The molecule has 0 aromatic heterocycles. The molecular weight excluding hydrogens is 240 g/mol. The summed E-state index contributed by atoms with van der Waals surface area (Å²) in [5.41, 5.74) is 0. The lowest BCUT2D eigenvalue weighted by Gasteiger charge is -1.96.